The molecule has 0 spiro atoms. The average molecular weight is 310 g/mol. The molecule has 21 heavy (non-hydrogen) atoms. The SMILES string of the molecule is Cc1ccc(NC(=O)NC2C=CS(=O)(=O)C2)c(C(=O)O)c1. The Labute approximate surface area is 121 Å². The van der Waals surface area contributed by atoms with Gasteiger partial charge in [-0.1, -0.05) is 11.6 Å². The topological polar surface area (TPSA) is 113 Å². The van der Waals surface area contributed by atoms with Gasteiger partial charge in [0, 0.05) is 5.41 Å². The van der Waals surface area contributed by atoms with Crippen molar-refractivity contribution in [3.8, 4) is 0 Å². The Bertz CT molecular complexity index is 724. The summed E-state index contributed by atoms with van der Waals surface area (Å²) in [6.07, 6.45) is 1.38. The van der Waals surface area contributed by atoms with Gasteiger partial charge in [0.15, 0.2) is 9.84 Å². The third-order valence-corrected chi connectivity index (χ3v) is 4.30. The van der Waals surface area contributed by atoms with E-state index in [4.69, 9.17) is 5.11 Å². The molecule has 1 unspecified atom stereocenters. The van der Waals surface area contributed by atoms with Crippen LogP contribution in [0.25, 0.3) is 0 Å². The number of benzene rings is 1. The molecule has 112 valence electrons. The number of carboxylic acids is 1. The second kappa shape index (κ2) is 5.57. The van der Waals surface area contributed by atoms with Gasteiger partial charge < -0.3 is 15.7 Å². The molecule has 0 radical (unpaired) electrons. The Kier molecular flexibility index (Phi) is 3.99. The second-order valence-electron chi connectivity index (χ2n) is 4.72. The second-order valence-corrected chi connectivity index (χ2v) is 6.65. The molecule has 3 N–H and O–H groups in total. The van der Waals surface area contributed by atoms with Crippen LogP contribution in [0.5, 0.6) is 0 Å². The fraction of sp³-hybridized carbons (Fsp3) is 0.231. The number of aromatic carboxylic acids is 1. The van der Waals surface area contributed by atoms with Crippen molar-refractivity contribution in [3.05, 3.63) is 40.8 Å². The number of nitrogens with one attached hydrogen (secondary N) is 2. The number of hydrogen-bond donors (Lipinski definition) is 3. The van der Waals surface area contributed by atoms with Crippen LogP contribution >= 0.6 is 0 Å². The van der Waals surface area contributed by atoms with E-state index in [0.717, 1.165) is 11.0 Å². The highest BCUT2D eigenvalue weighted by atomic mass is 32.2. The summed E-state index contributed by atoms with van der Waals surface area (Å²) in [4.78, 5) is 22.9. The average Bonchev–Trinajstić information content (AvgIpc) is 2.70. The highest BCUT2D eigenvalue weighted by Crippen LogP contribution is 2.17. The number of carbonyl (C=O) groups excluding carboxylic acids is 1. The van der Waals surface area contributed by atoms with E-state index < -0.39 is 27.9 Å². The smallest absolute Gasteiger partial charge is 0.337 e. The summed E-state index contributed by atoms with van der Waals surface area (Å²) in [6, 6.07) is 3.32. The lowest BCUT2D eigenvalue weighted by atomic mass is 10.1. The Morgan fingerprint density at radius 1 is 1.33 bits per heavy atom. The summed E-state index contributed by atoms with van der Waals surface area (Å²) in [6.45, 7) is 1.74. The van der Waals surface area contributed by atoms with Crippen LogP contribution in [-0.4, -0.2) is 37.3 Å². The molecule has 7 nitrogen and oxygen atoms in total. The number of urea groups is 1. The van der Waals surface area contributed by atoms with E-state index in [9.17, 15) is 18.0 Å². The largest absolute Gasteiger partial charge is 0.478 e. The first-order valence-electron chi connectivity index (χ1n) is 6.09. The molecule has 0 bridgehead atoms. The molecule has 1 aromatic carbocycles. The van der Waals surface area contributed by atoms with Gasteiger partial charge in [0.25, 0.3) is 0 Å². The van der Waals surface area contributed by atoms with Crippen LogP contribution in [0, 0.1) is 6.92 Å². The van der Waals surface area contributed by atoms with Crippen molar-refractivity contribution in [2.24, 2.45) is 0 Å². The fourth-order valence-corrected chi connectivity index (χ4v) is 3.17. The predicted octanol–water partition coefficient (Wildman–Crippen LogP) is 1.13. The molecule has 1 atom stereocenters. The Balaban J connectivity index is 2.07. The molecule has 0 aromatic heterocycles. The molecule has 0 fully saturated rings. The van der Waals surface area contributed by atoms with E-state index >= 15 is 0 Å². The maximum Gasteiger partial charge on any atom is 0.337 e. The summed E-state index contributed by atoms with van der Waals surface area (Å²) < 4.78 is 22.5. The standard InChI is InChI=1S/C13H14N2O5S/c1-8-2-3-11(10(6-8)12(16)17)15-13(18)14-9-4-5-21(19,20)7-9/h2-6,9H,7H2,1H3,(H,16,17)(H2,14,15,18). The number of anilines is 1. The van der Waals surface area contributed by atoms with Gasteiger partial charge in [-0.3, -0.25) is 0 Å². The molecule has 1 aliphatic rings. The van der Waals surface area contributed by atoms with E-state index in [2.05, 4.69) is 10.6 Å². The number of carboxylic acid groups (broad SMARTS) is 1. The van der Waals surface area contributed by atoms with E-state index in [1.54, 1.807) is 13.0 Å². The number of sulfone groups is 1. The first kappa shape index (κ1) is 15.0. The monoisotopic (exact) mass is 310 g/mol. The minimum atomic E-state index is -3.26. The minimum Gasteiger partial charge on any atom is -0.478 e. The first-order chi connectivity index (χ1) is 9.77. The quantitative estimate of drug-likeness (QED) is 0.774. The molecule has 0 saturated carbocycles. The molecule has 0 saturated heterocycles. The number of rotatable bonds is 3. The third kappa shape index (κ3) is 3.82. The van der Waals surface area contributed by atoms with Crippen LogP contribution in [0.15, 0.2) is 29.7 Å². The van der Waals surface area contributed by atoms with Gasteiger partial charge in [0.05, 0.1) is 23.0 Å². The zero-order valence-electron chi connectivity index (χ0n) is 11.2. The van der Waals surface area contributed by atoms with E-state index in [-0.39, 0.29) is 17.0 Å². The van der Waals surface area contributed by atoms with Crippen molar-refractivity contribution >= 4 is 27.5 Å². The van der Waals surface area contributed by atoms with E-state index in [1.165, 1.54) is 18.2 Å². The third-order valence-electron chi connectivity index (χ3n) is 2.90. The van der Waals surface area contributed by atoms with Crippen LogP contribution < -0.4 is 10.6 Å². The molecular weight excluding hydrogens is 296 g/mol. The van der Waals surface area contributed by atoms with Gasteiger partial charge in [-0.2, -0.15) is 0 Å². The lowest BCUT2D eigenvalue weighted by Gasteiger charge is -2.13. The molecule has 2 rings (SSSR count). The molecular formula is C13H14N2O5S. The maximum absolute atomic E-state index is 11.8. The molecule has 1 aliphatic heterocycles. The van der Waals surface area contributed by atoms with Crippen molar-refractivity contribution in [3.63, 3.8) is 0 Å². The van der Waals surface area contributed by atoms with Gasteiger partial charge in [0.1, 0.15) is 0 Å². The van der Waals surface area contributed by atoms with Crippen LogP contribution in [0.3, 0.4) is 0 Å². The molecule has 1 aromatic rings. The van der Waals surface area contributed by atoms with Crippen LogP contribution in [-0.2, 0) is 9.84 Å². The van der Waals surface area contributed by atoms with E-state index in [1.807, 2.05) is 0 Å². The van der Waals surface area contributed by atoms with Crippen molar-refractivity contribution in [1.82, 2.24) is 5.32 Å². The Hall–Kier alpha value is -2.35. The Morgan fingerprint density at radius 3 is 2.62 bits per heavy atom. The minimum absolute atomic E-state index is 0.0280. The summed E-state index contributed by atoms with van der Waals surface area (Å²) >= 11 is 0. The van der Waals surface area contributed by atoms with Crippen LogP contribution in [0.4, 0.5) is 10.5 Å². The first-order valence-corrected chi connectivity index (χ1v) is 7.81. The summed E-state index contributed by atoms with van der Waals surface area (Å²) in [5.41, 5.74) is 0.873. The molecule has 0 aliphatic carbocycles. The highest BCUT2D eigenvalue weighted by molar-refractivity contribution is 7.94. The zero-order chi connectivity index (χ0) is 15.6. The van der Waals surface area contributed by atoms with E-state index in [0.29, 0.717) is 0 Å². The van der Waals surface area contributed by atoms with Crippen molar-refractivity contribution < 1.29 is 23.1 Å². The normalized spacial score (nSPS) is 19.2. The van der Waals surface area contributed by atoms with Gasteiger partial charge in [0.2, 0.25) is 0 Å². The fourth-order valence-electron chi connectivity index (χ4n) is 1.94. The lowest BCUT2D eigenvalue weighted by molar-refractivity contribution is 0.0698. The number of amides is 2. The predicted molar refractivity (Wildman–Crippen MR) is 77.0 cm³/mol. The van der Waals surface area contributed by atoms with Crippen molar-refractivity contribution in [2.75, 3.05) is 11.1 Å². The summed E-state index contributed by atoms with van der Waals surface area (Å²) in [5, 5.41) is 15.0. The van der Waals surface area contributed by atoms with Crippen LogP contribution in [0.2, 0.25) is 0 Å². The molecule has 2 amide bonds. The Morgan fingerprint density at radius 2 is 2.05 bits per heavy atom. The van der Waals surface area contributed by atoms with Crippen molar-refractivity contribution in [1.29, 1.82) is 0 Å². The highest BCUT2D eigenvalue weighted by Gasteiger charge is 2.23. The maximum atomic E-state index is 11.8. The van der Waals surface area contributed by atoms with Crippen LogP contribution in [0.1, 0.15) is 15.9 Å². The number of aryl methyl sites for hydroxylation is 1. The molecule has 8 heteroatoms. The molecule has 1 heterocycles. The summed E-state index contributed by atoms with van der Waals surface area (Å²) in [5.74, 6) is -1.35. The zero-order valence-corrected chi connectivity index (χ0v) is 12.0. The summed E-state index contributed by atoms with van der Waals surface area (Å²) in [7, 11) is -3.26. The van der Waals surface area contributed by atoms with Gasteiger partial charge >= 0.3 is 12.0 Å². The van der Waals surface area contributed by atoms with Gasteiger partial charge in [-0.05, 0) is 25.1 Å². The van der Waals surface area contributed by atoms with Gasteiger partial charge in [-0.15, -0.1) is 0 Å². The number of hydrogen-bond acceptors (Lipinski definition) is 4. The lowest BCUT2D eigenvalue weighted by Crippen LogP contribution is -2.38. The number of carbonyl (C=O) groups is 2. The van der Waals surface area contributed by atoms with Gasteiger partial charge in [-0.25, -0.2) is 18.0 Å². The van der Waals surface area contributed by atoms with Crippen molar-refractivity contribution in [2.45, 2.75) is 13.0 Å².